The van der Waals surface area contributed by atoms with Crippen LogP contribution in [-0.2, 0) is 9.59 Å². The van der Waals surface area contributed by atoms with Crippen molar-refractivity contribution in [2.24, 2.45) is 11.7 Å². The maximum atomic E-state index is 11.9. The molecule has 0 fully saturated rings. The van der Waals surface area contributed by atoms with Gasteiger partial charge in [0.1, 0.15) is 5.75 Å². The van der Waals surface area contributed by atoms with Gasteiger partial charge in [-0.1, -0.05) is 13.0 Å². The lowest BCUT2D eigenvalue weighted by Gasteiger charge is -2.15. The number of hydrogen-bond donors (Lipinski definition) is 3. The van der Waals surface area contributed by atoms with E-state index in [2.05, 4.69) is 10.6 Å². The number of amides is 2. The number of nitrogens with two attached hydrogens (primary N) is 1. The van der Waals surface area contributed by atoms with E-state index in [0.717, 1.165) is 0 Å². The van der Waals surface area contributed by atoms with Gasteiger partial charge in [-0.2, -0.15) is 0 Å². The molecule has 0 aliphatic heterocycles. The summed E-state index contributed by atoms with van der Waals surface area (Å²) in [4.78, 5) is 23.0. The zero-order valence-corrected chi connectivity index (χ0v) is 12.0. The van der Waals surface area contributed by atoms with E-state index in [0.29, 0.717) is 11.4 Å². The van der Waals surface area contributed by atoms with Crippen LogP contribution in [0.4, 0.5) is 5.69 Å². The second kappa shape index (κ2) is 7.49. The van der Waals surface area contributed by atoms with Crippen LogP contribution in [0.2, 0.25) is 0 Å². The van der Waals surface area contributed by atoms with Crippen LogP contribution in [-0.4, -0.2) is 31.5 Å². The van der Waals surface area contributed by atoms with Crippen molar-refractivity contribution in [2.45, 2.75) is 19.9 Å². The predicted octanol–water partition coefficient (Wildman–Crippen LogP) is 0.733. The van der Waals surface area contributed by atoms with Gasteiger partial charge >= 0.3 is 0 Å². The molecule has 1 aromatic carbocycles. The van der Waals surface area contributed by atoms with E-state index in [1.165, 1.54) is 7.05 Å². The number of ether oxygens (including phenoxy) is 1. The molecule has 0 bridgehead atoms. The minimum Gasteiger partial charge on any atom is -0.484 e. The van der Waals surface area contributed by atoms with Crippen LogP contribution < -0.4 is 21.1 Å². The summed E-state index contributed by atoms with van der Waals surface area (Å²) in [5.74, 6) is -0.140. The second-order valence-electron chi connectivity index (χ2n) is 4.63. The Hall–Kier alpha value is -2.08. The minimum absolute atomic E-state index is 0.0653. The molecule has 1 rings (SSSR count). The van der Waals surface area contributed by atoms with E-state index in [-0.39, 0.29) is 30.4 Å². The lowest BCUT2D eigenvalue weighted by Crippen LogP contribution is -2.34. The molecule has 2 unspecified atom stereocenters. The predicted molar refractivity (Wildman–Crippen MR) is 77.4 cm³/mol. The highest BCUT2D eigenvalue weighted by atomic mass is 16.5. The van der Waals surface area contributed by atoms with Gasteiger partial charge in [-0.05, 0) is 19.1 Å². The summed E-state index contributed by atoms with van der Waals surface area (Å²) >= 11 is 0. The van der Waals surface area contributed by atoms with Crippen molar-refractivity contribution in [1.82, 2.24) is 5.32 Å². The third-order valence-corrected chi connectivity index (χ3v) is 2.95. The van der Waals surface area contributed by atoms with E-state index in [1.54, 1.807) is 38.1 Å². The minimum atomic E-state index is -0.287. The molecule has 0 saturated carbocycles. The Kier molecular flexibility index (Phi) is 5.99. The van der Waals surface area contributed by atoms with Gasteiger partial charge in [0.05, 0.1) is 5.92 Å². The molecule has 0 saturated heterocycles. The molecule has 6 heteroatoms. The second-order valence-corrected chi connectivity index (χ2v) is 4.63. The molecule has 2 amide bonds. The first kappa shape index (κ1) is 16.0. The summed E-state index contributed by atoms with van der Waals surface area (Å²) in [7, 11) is 1.54. The van der Waals surface area contributed by atoms with E-state index >= 15 is 0 Å². The van der Waals surface area contributed by atoms with Crippen LogP contribution in [0.15, 0.2) is 24.3 Å². The highest BCUT2D eigenvalue weighted by molar-refractivity contribution is 5.92. The Bertz CT molecular complexity index is 474. The first-order valence-electron chi connectivity index (χ1n) is 6.44. The van der Waals surface area contributed by atoms with Crippen molar-refractivity contribution in [3.63, 3.8) is 0 Å². The average molecular weight is 279 g/mol. The molecule has 6 nitrogen and oxygen atoms in total. The zero-order valence-electron chi connectivity index (χ0n) is 12.0. The van der Waals surface area contributed by atoms with Gasteiger partial charge in [-0.3, -0.25) is 9.59 Å². The summed E-state index contributed by atoms with van der Waals surface area (Å²) in [5, 5.41) is 5.23. The summed E-state index contributed by atoms with van der Waals surface area (Å²) in [5.41, 5.74) is 6.29. The number of likely N-dealkylation sites (N-methyl/N-ethyl adjacent to an activating group) is 1. The fourth-order valence-electron chi connectivity index (χ4n) is 1.38. The number of hydrogen-bond acceptors (Lipinski definition) is 4. The molecule has 2 atom stereocenters. The number of carbonyl (C=O) groups excluding carboxylic acids is 2. The fourth-order valence-corrected chi connectivity index (χ4v) is 1.38. The van der Waals surface area contributed by atoms with Gasteiger partial charge in [0.2, 0.25) is 5.91 Å². The lowest BCUT2D eigenvalue weighted by molar-refractivity contribution is -0.122. The molecule has 0 aromatic heterocycles. The van der Waals surface area contributed by atoms with Crippen LogP contribution in [0.3, 0.4) is 0 Å². The van der Waals surface area contributed by atoms with Crippen molar-refractivity contribution < 1.29 is 14.3 Å². The van der Waals surface area contributed by atoms with Gasteiger partial charge in [0, 0.05) is 24.8 Å². The molecule has 0 heterocycles. The zero-order chi connectivity index (χ0) is 15.1. The molecule has 110 valence electrons. The monoisotopic (exact) mass is 279 g/mol. The molecule has 0 spiro atoms. The topological polar surface area (TPSA) is 93.5 Å². The summed E-state index contributed by atoms with van der Waals surface area (Å²) in [6, 6.07) is 6.65. The normalized spacial score (nSPS) is 13.2. The summed E-state index contributed by atoms with van der Waals surface area (Å²) in [6.07, 6.45) is 0. The Morgan fingerprint density at radius 3 is 2.65 bits per heavy atom. The number of anilines is 1. The maximum absolute atomic E-state index is 11.9. The van der Waals surface area contributed by atoms with Crippen LogP contribution >= 0.6 is 0 Å². The summed E-state index contributed by atoms with van der Waals surface area (Å²) < 4.78 is 5.30. The quantitative estimate of drug-likeness (QED) is 0.715. The Labute approximate surface area is 118 Å². The van der Waals surface area contributed by atoms with Crippen molar-refractivity contribution in [3.8, 4) is 5.75 Å². The third-order valence-electron chi connectivity index (χ3n) is 2.95. The van der Waals surface area contributed by atoms with Crippen LogP contribution in [0.25, 0.3) is 0 Å². The molecular weight excluding hydrogens is 258 g/mol. The third kappa shape index (κ3) is 4.89. The molecule has 0 radical (unpaired) electrons. The van der Waals surface area contributed by atoms with E-state index in [9.17, 15) is 9.59 Å². The first-order valence-corrected chi connectivity index (χ1v) is 6.44. The van der Waals surface area contributed by atoms with Gasteiger partial charge in [-0.15, -0.1) is 0 Å². The number of benzene rings is 1. The molecule has 0 aliphatic carbocycles. The highest BCUT2D eigenvalue weighted by Crippen LogP contribution is 2.18. The molecular formula is C14H21N3O3. The van der Waals surface area contributed by atoms with Crippen LogP contribution in [0, 0.1) is 5.92 Å². The Morgan fingerprint density at radius 2 is 2.05 bits per heavy atom. The molecule has 0 aliphatic rings. The maximum Gasteiger partial charge on any atom is 0.257 e. The largest absolute Gasteiger partial charge is 0.484 e. The van der Waals surface area contributed by atoms with E-state index in [4.69, 9.17) is 10.5 Å². The first-order chi connectivity index (χ1) is 9.43. The summed E-state index contributed by atoms with van der Waals surface area (Å²) in [6.45, 7) is 3.49. The van der Waals surface area contributed by atoms with Gasteiger partial charge in [0.25, 0.3) is 5.91 Å². The molecule has 4 N–H and O–H groups in total. The van der Waals surface area contributed by atoms with Gasteiger partial charge in [-0.25, -0.2) is 0 Å². The van der Waals surface area contributed by atoms with Crippen LogP contribution in [0.5, 0.6) is 5.75 Å². The standard InChI is InChI=1S/C14H21N3O3/c1-9(10(2)15)14(19)17-11-5-4-6-12(7-11)20-8-13(18)16-3/h4-7,9-10H,8,15H2,1-3H3,(H,16,18)(H,17,19). The number of nitrogens with one attached hydrogen (secondary N) is 2. The number of rotatable bonds is 6. The average Bonchev–Trinajstić information content (AvgIpc) is 2.44. The van der Waals surface area contributed by atoms with Crippen molar-refractivity contribution in [1.29, 1.82) is 0 Å². The smallest absolute Gasteiger partial charge is 0.257 e. The Balaban J connectivity index is 2.64. The van der Waals surface area contributed by atoms with Gasteiger partial charge < -0.3 is 21.1 Å². The number of carbonyl (C=O) groups is 2. The van der Waals surface area contributed by atoms with Gasteiger partial charge in [0.15, 0.2) is 6.61 Å². The Morgan fingerprint density at radius 1 is 1.35 bits per heavy atom. The highest BCUT2D eigenvalue weighted by Gasteiger charge is 2.17. The molecule has 1 aromatic rings. The SMILES string of the molecule is CNC(=O)COc1cccc(NC(=O)C(C)C(C)N)c1. The lowest BCUT2D eigenvalue weighted by atomic mass is 10.0. The fraction of sp³-hybridized carbons (Fsp3) is 0.429. The van der Waals surface area contributed by atoms with E-state index < -0.39 is 0 Å². The van der Waals surface area contributed by atoms with Crippen molar-refractivity contribution in [3.05, 3.63) is 24.3 Å². The van der Waals surface area contributed by atoms with Crippen molar-refractivity contribution >= 4 is 17.5 Å². The van der Waals surface area contributed by atoms with E-state index in [1.807, 2.05) is 0 Å². The molecule has 20 heavy (non-hydrogen) atoms. The van der Waals surface area contributed by atoms with Crippen molar-refractivity contribution in [2.75, 3.05) is 19.0 Å². The van der Waals surface area contributed by atoms with Crippen LogP contribution in [0.1, 0.15) is 13.8 Å².